The standard InChI is InChI=1S/C25H27N9O2/c35-8-6-21-20(13-34(31-21)15-24(36)33-7-5-22-23(14-33)30-32-29-22)18-11-26-25(27-12-18)28-19-9-16-3-1-2-4-17(16)10-19/h1-4,11-13,19,35H,5-10,14-15H2,(H,26,27,28)(H,29,30,32). The van der Waals surface area contributed by atoms with Gasteiger partial charge >= 0.3 is 0 Å². The highest BCUT2D eigenvalue weighted by atomic mass is 16.3. The molecule has 36 heavy (non-hydrogen) atoms. The first kappa shape index (κ1) is 22.4. The van der Waals surface area contributed by atoms with Gasteiger partial charge in [0.15, 0.2) is 0 Å². The highest BCUT2D eigenvalue weighted by Crippen LogP contribution is 2.26. The molecule has 4 heterocycles. The molecule has 3 aromatic heterocycles. The summed E-state index contributed by atoms with van der Waals surface area (Å²) in [5.74, 6) is 0.543. The number of hydrogen-bond donors (Lipinski definition) is 3. The van der Waals surface area contributed by atoms with E-state index in [0.717, 1.165) is 35.4 Å². The van der Waals surface area contributed by atoms with Gasteiger partial charge in [0.1, 0.15) is 12.2 Å². The highest BCUT2D eigenvalue weighted by molar-refractivity contribution is 5.76. The lowest BCUT2D eigenvalue weighted by Gasteiger charge is -2.25. The van der Waals surface area contributed by atoms with E-state index in [4.69, 9.17) is 0 Å². The van der Waals surface area contributed by atoms with Gasteiger partial charge in [-0.15, -0.1) is 0 Å². The predicted molar refractivity (Wildman–Crippen MR) is 131 cm³/mol. The maximum absolute atomic E-state index is 12.9. The topological polar surface area (TPSA) is 138 Å². The fourth-order valence-corrected chi connectivity index (χ4v) is 5.01. The van der Waals surface area contributed by atoms with Gasteiger partial charge in [0.25, 0.3) is 0 Å². The molecule has 0 spiro atoms. The number of aliphatic hydroxyl groups excluding tert-OH is 1. The minimum Gasteiger partial charge on any atom is -0.396 e. The molecule has 1 amide bonds. The fourth-order valence-electron chi connectivity index (χ4n) is 5.01. The molecule has 1 aliphatic heterocycles. The van der Waals surface area contributed by atoms with Gasteiger partial charge in [0.05, 0.1) is 17.9 Å². The third-order valence-electron chi connectivity index (χ3n) is 6.85. The van der Waals surface area contributed by atoms with Crippen molar-refractivity contribution >= 4 is 11.9 Å². The van der Waals surface area contributed by atoms with Gasteiger partial charge in [-0.3, -0.25) is 9.48 Å². The van der Waals surface area contributed by atoms with Crippen LogP contribution in [0.5, 0.6) is 0 Å². The molecule has 184 valence electrons. The number of aromatic nitrogens is 7. The van der Waals surface area contributed by atoms with Crippen molar-refractivity contribution in [3.8, 4) is 11.1 Å². The molecule has 2 aliphatic rings. The van der Waals surface area contributed by atoms with Crippen molar-refractivity contribution < 1.29 is 9.90 Å². The maximum Gasteiger partial charge on any atom is 0.244 e. The summed E-state index contributed by atoms with van der Waals surface area (Å²) in [4.78, 5) is 23.8. The molecule has 0 unspecified atom stereocenters. The molecule has 6 rings (SSSR count). The molecule has 0 saturated carbocycles. The van der Waals surface area contributed by atoms with E-state index in [1.165, 1.54) is 11.1 Å². The van der Waals surface area contributed by atoms with E-state index in [-0.39, 0.29) is 25.1 Å². The molecule has 0 bridgehead atoms. The summed E-state index contributed by atoms with van der Waals surface area (Å²) >= 11 is 0. The Balaban J connectivity index is 1.14. The van der Waals surface area contributed by atoms with Crippen LogP contribution in [-0.4, -0.2) is 70.3 Å². The van der Waals surface area contributed by atoms with E-state index in [2.05, 4.69) is 60.1 Å². The molecule has 1 aliphatic carbocycles. The second-order valence-electron chi connectivity index (χ2n) is 9.26. The first-order valence-corrected chi connectivity index (χ1v) is 12.2. The third kappa shape index (κ3) is 4.44. The monoisotopic (exact) mass is 485 g/mol. The Kier molecular flexibility index (Phi) is 5.90. The van der Waals surface area contributed by atoms with Gasteiger partial charge in [-0.2, -0.15) is 20.5 Å². The number of benzene rings is 1. The number of anilines is 1. The van der Waals surface area contributed by atoms with Crippen LogP contribution in [0.2, 0.25) is 0 Å². The number of hydrogen-bond acceptors (Lipinski definition) is 8. The molecule has 11 nitrogen and oxygen atoms in total. The van der Waals surface area contributed by atoms with E-state index >= 15 is 0 Å². The Labute approximate surface area is 207 Å². The van der Waals surface area contributed by atoms with Gasteiger partial charge in [0, 0.05) is 61.8 Å². The van der Waals surface area contributed by atoms with E-state index in [1.807, 2.05) is 6.20 Å². The number of aromatic amines is 1. The fraction of sp³-hybridized carbons (Fsp3) is 0.360. The quantitative estimate of drug-likeness (QED) is 0.355. The van der Waals surface area contributed by atoms with Crippen molar-refractivity contribution in [3.05, 3.63) is 71.1 Å². The first-order valence-electron chi connectivity index (χ1n) is 12.2. The van der Waals surface area contributed by atoms with Gasteiger partial charge in [0.2, 0.25) is 11.9 Å². The van der Waals surface area contributed by atoms with Crippen molar-refractivity contribution in [2.24, 2.45) is 0 Å². The third-order valence-corrected chi connectivity index (χ3v) is 6.85. The van der Waals surface area contributed by atoms with Crippen molar-refractivity contribution in [1.82, 2.24) is 40.1 Å². The molecule has 3 N–H and O–H groups in total. The van der Waals surface area contributed by atoms with Gasteiger partial charge in [-0.05, 0) is 24.0 Å². The van der Waals surface area contributed by atoms with Gasteiger partial charge in [-0.25, -0.2) is 9.97 Å². The van der Waals surface area contributed by atoms with E-state index in [0.29, 0.717) is 37.6 Å². The van der Waals surface area contributed by atoms with Gasteiger partial charge < -0.3 is 15.3 Å². The summed E-state index contributed by atoms with van der Waals surface area (Å²) in [5, 5.41) is 28.4. The Morgan fingerprint density at radius 1 is 1.11 bits per heavy atom. The molecule has 0 fully saturated rings. The molecule has 4 aromatic rings. The number of H-pyrrole nitrogens is 1. The van der Waals surface area contributed by atoms with E-state index in [9.17, 15) is 9.90 Å². The van der Waals surface area contributed by atoms with Crippen LogP contribution in [0, 0.1) is 0 Å². The van der Waals surface area contributed by atoms with Crippen LogP contribution < -0.4 is 5.32 Å². The summed E-state index contributed by atoms with van der Waals surface area (Å²) in [5.41, 5.74) is 6.78. The number of carbonyl (C=O) groups is 1. The number of nitrogens with zero attached hydrogens (tertiary/aromatic N) is 7. The summed E-state index contributed by atoms with van der Waals surface area (Å²) in [7, 11) is 0. The van der Waals surface area contributed by atoms with Crippen LogP contribution >= 0.6 is 0 Å². The predicted octanol–water partition coefficient (Wildman–Crippen LogP) is 1.16. The lowest BCUT2D eigenvalue weighted by atomic mass is 10.1. The summed E-state index contributed by atoms with van der Waals surface area (Å²) in [6.07, 6.45) is 8.32. The van der Waals surface area contributed by atoms with Crippen molar-refractivity contribution in [1.29, 1.82) is 0 Å². The molecule has 1 aromatic carbocycles. The van der Waals surface area contributed by atoms with Crippen molar-refractivity contribution in [3.63, 3.8) is 0 Å². The number of rotatable bonds is 7. The zero-order valence-corrected chi connectivity index (χ0v) is 19.8. The largest absolute Gasteiger partial charge is 0.396 e. The highest BCUT2D eigenvalue weighted by Gasteiger charge is 2.25. The average Bonchev–Trinajstić information content (AvgIpc) is 3.62. The Hall–Kier alpha value is -4.12. The SMILES string of the molecule is O=C(Cn1cc(-c2cnc(NC3Cc4ccccc4C3)nc2)c(CCO)n1)N1CCc2n[nH]nc2C1. The smallest absolute Gasteiger partial charge is 0.244 e. The van der Waals surface area contributed by atoms with Crippen molar-refractivity contribution in [2.45, 2.75) is 44.8 Å². The molecule has 11 heteroatoms. The lowest BCUT2D eigenvalue weighted by Crippen LogP contribution is -2.38. The van der Waals surface area contributed by atoms with Gasteiger partial charge in [-0.1, -0.05) is 24.3 Å². The first-order chi connectivity index (χ1) is 17.7. The Morgan fingerprint density at radius 3 is 2.61 bits per heavy atom. The Morgan fingerprint density at radius 2 is 1.86 bits per heavy atom. The van der Waals surface area contributed by atoms with Crippen LogP contribution in [0.15, 0.2) is 42.9 Å². The molecular formula is C25H27N9O2. The second kappa shape index (κ2) is 9.50. The Bertz CT molecular complexity index is 1350. The minimum absolute atomic E-state index is 0.0399. The molecule has 0 saturated heterocycles. The van der Waals surface area contributed by atoms with Crippen LogP contribution in [-0.2, 0) is 43.6 Å². The van der Waals surface area contributed by atoms with E-state index < -0.39 is 0 Å². The summed E-state index contributed by atoms with van der Waals surface area (Å²) in [6, 6.07) is 8.76. The number of nitrogens with one attached hydrogen (secondary N) is 2. The average molecular weight is 486 g/mol. The zero-order valence-electron chi connectivity index (χ0n) is 19.8. The number of amides is 1. The number of fused-ring (bicyclic) bond motifs is 2. The molecular weight excluding hydrogens is 458 g/mol. The number of aliphatic hydroxyl groups is 1. The second-order valence-corrected chi connectivity index (χ2v) is 9.26. The number of carbonyl (C=O) groups excluding carboxylic acids is 1. The minimum atomic E-state index is -0.0402. The summed E-state index contributed by atoms with van der Waals surface area (Å²) in [6.45, 7) is 1.11. The zero-order chi connectivity index (χ0) is 24.5. The molecule has 0 atom stereocenters. The lowest BCUT2D eigenvalue weighted by molar-refractivity contribution is -0.133. The summed E-state index contributed by atoms with van der Waals surface area (Å²) < 4.78 is 1.63. The molecule has 0 radical (unpaired) electrons. The van der Waals surface area contributed by atoms with Crippen molar-refractivity contribution in [2.75, 3.05) is 18.5 Å². The normalized spacial score (nSPS) is 15.1. The van der Waals surface area contributed by atoms with Crippen LogP contribution in [0.4, 0.5) is 5.95 Å². The van der Waals surface area contributed by atoms with E-state index in [1.54, 1.807) is 22.0 Å². The van der Waals surface area contributed by atoms with Crippen LogP contribution in [0.1, 0.15) is 28.2 Å². The van der Waals surface area contributed by atoms with Crippen LogP contribution in [0.25, 0.3) is 11.1 Å². The maximum atomic E-state index is 12.9. The van der Waals surface area contributed by atoms with Crippen LogP contribution in [0.3, 0.4) is 0 Å².